The van der Waals surface area contributed by atoms with Crippen LogP contribution >= 0.6 is 12.2 Å². The summed E-state index contributed by atoms with van der Waals surface area (Å²) in [5.41, 5.74) is 1.92. The molecule has 3 rings (SSSR count). The molecular weight excluding hydrogens is 402 g/mol. The fraction of sp³-hybridized carbons (Fsp3) is 0.273. The standard InChI is InChI=1S/C22H23N3O4S/c1-4-13(2)23-19(26)11-14-5-8-16(9-6-14)25-20(27)17-10-7-15(21(28)29-3)12-18(17)24-22(25)30/h5-10,12-13H,4,11H2,1-3H3,(H,23,26)(H,24,30)/t13-/m0/s1. The number of carbonyl (C=O) groups excluding carboxylic acids is 2. The van der Waals surface area contributed by atoms with E-state index < -0.39 is 5.97 Å². The zero-order valence-corrected chi connectivity index (χ0v) is 17.8. The third-order valence-electron chi connectivity index (χ3n) is 4.90. The van der Waals surface area contributed by atoms with Crippen LogP contribution in [-0.2, 0) is 16.0 Å². The number of aromatic nitrogens is 2. The van der Waals surface area contributed by atoms with Crippen molar-refractivity contribution in [3.63, 3.8) is 0 Å². The largest absolute Gasteiger partial charge is 0.465 e. The van der Waals surface area contributed by atoms with Gasteiger partial charge in [-0.15, -0.1) is 0 Å². The summed E-state index contributed by atoms with van der Waals surface area (Å²) in [7, 11) is 1.30. The van der Waals surface area contributed by atoms with Gasteiger partial charge in [-0.3, -0.25) is 14.2 Å². The van der Waals surface area contributed by atoms with Crippen LogP contribution in [0.2, 0.25) is 0 Å². The number of benzene rings is 2. The summed E-state index contributed by atoms with van der Waals surface area (Å²) >= 11 is 5.38. The van der Waals surface area contributed by atoms with Crippen LogP contribution in [0.1, 0.15) is 36.2 Å². The third kappa shape index (κ3) is 4.49. The number of rotatable bonds is 6. The summed E-state index contributed by atoms with van der Waals surface area (Å²) in [6, 6.07) is 11.9. The highest BCUT2D eigenvalue weighted by atomic mass is 32.1. The number of hydrogen-bond acceptors (Lipinski definition) is 5. The maximum Gasteiger partial charge on any atom is 0.337 e. The summed E-state index contributed by atoms with van der Waals surface area (Å²) in [6.07, 6.45) is 1.13. The predicted octanol–water partition coefficient (Wildman–Crippen LogP) is 3.29. The number of hydrogen-bond donors (Lipinski definition) is 2. The van der Waals surface area contributed by atoms with Gasteiger partial charge in [-0.2, -0.15) is 0 Å². The molecular formula is C22H23N3O4S. The Bertz CT molecular complexity index is 1210. The van der Waals surface area contributed by atoms with E-state index >= 15 is 0 Å². The molecule has 8 heteroatoms. The average molecular weight is 426 g/mol. The first-order valence-electron chi connectivity index (χ1n) is 9.60. The molecule has 0 saturated heterocycles. The number of esters is 1. The molecule has 0 aliphatic heterocycles. The number of amides is 1. The third-order valence-corrected chi connectivity index (χ3v) is 5.18. The second-order valence-electron chi connectivity index (χ2n) is 7.04. The highest BCUT2D eigenvalue weighted by molar-refractivity contribution is 7.71. The Labute approximate surface area is 178 Å². The highest BCUT2D eigenvalue weighted by Gasteiger charge is 2.12. The Kier molecular flexibility index (Phi) is 6.47. The summed E-state index contributed by atoms with van der Waals surface area (Å²) in [5, 5.41) is 3.33. The summed E-state index contributed by atoms with van der Waals surface area (Å²) in [5.74, 6) is -0.535. The lowest BCUT2D eigenvalue weighted by molar-refractivity contribution is -0.121. The molecule has 0 unspecified atom stereocenters. The summed E-state index contributed by atoms with van der Waals surface area (Å²) < 4.78 is 6.31. The van der Waals surface area contributed by atoms with Crippen LogP contribution in [0.5, 0.6) is 0 Å². The van der Waals surface area contributed by atoms with E-state index in [0.29, 0.717) is 22.2 Å². The first kappa shape index (κ1) is 21.4. The topological polar surface area (TPSA) is 93.2 Å². The number of nitrogens with zero attached hydrogens (tertiary/aromatic N) is 1. The van der Waals surface area contributed by atoms with E-state index in [1.807, 2.05) is 13.8 Å². The molecule has 0 fully saturated rings. The van der Waals surface area contributed by atoms with Gasteiger partial charge in [0, 0.05) is 6.04 Å². The molecule has 1 atom stereocenters. The van der Waals surface area contributed by atoms with Crippen LogP contribution in [0.4, 0.5) is 0 Å². The monoisotopic (exact) mass is 425 g/mol. The fourth-order valence-corrected chi connectivity index (χ4v) is 3.37. The molecule has 3 aromatic rings. The van der Waals surface area contributed by atoms with Crippen LogP contribution in [0.15, 0.2) is 47.3 Å². The summed E-state index contributed by atoms with van der Waals surface area (Å²) in [6.45, 7) is 3.98. The minimum atomic E-state index is -0.492. The Balaban J connectivity index is 1.93. The van der Waals surface area contributed by atoms with Crippen LogP contribution in [0, 0.1) is 4.77 Å². The van der Waals surface area contributed by atoms with Crippen molar-refractivity contribution in [1.82, 2.24) is 14.9 Å². The van der Waals surface area contributed by atoms with Gasteiger partial charge in [-0.1, -0.05) is 19.1 Å². The van der Waals surface area contributed by atoms with Gasteiger partial charge in [0.15, 0.2) is 4.77 Å². The maximum absolute atomic E-state index is 13.0. The number of fused-ring (bicyclic) bond motifs is 1. The lowest BCUT2D eigenvalue weighted by Gasteiger charge is -2.12. The van der Waals surface area contributed by atoms with Crippen molar-refractivity contribution < 1.29 is 14.3 Å². The molecule has 0 aliphatic carbocycles. The highest BCUT2D eigenvalue weighted by Crippen LogP contribution is 2.15. The lowest BCUT2D eigenvalue weighted by Crippen LogP contribution is -2.33. The molecule has 156 valence electrons. The van der Waals surface area contributed by atoms with E-state index in [1.165, 1.54) is 17.7 Å². The minimum absolute atomic E-state index is 0.0429. The van der Waals surface area contributed by atoms with Crippen molar-refractivity contribution in [3.8, 4) is 5.69 Å². The SMILES string of the molecule is CC[C@H](C)NC(=O)Cc1ccc(-n2c(=S)[nH]c3cc(C(=O)OC)ccc3c2=O)cc1. The Morgan fingerprint density at radius 2 is 1.90 bits per heavy atom. The second-order valence-corrected chi connectivity index (χ2v) is 7.43. The van der Waals surface area contributed by atoms with E-state index in [2.05, 4.69) is 10.3 Å². The first-order chi connectivity index (χ1) is 14.3. The zero-order valence-electron chi connectivity index (χ0n) is 17.0. The van der Waals surface area contributed by atoms with Crippen molar-refractivity contribution in [1.29, 1.82) is 0 Å². The molecule has 0 spiro atoms. The van der Waals surface area contributed by atoms with Crippen LogP contribution < -0.4 is 10.9 Å². The molecule has 0 radical (unpaired) electrons. The van der Waals surface area contributed by atoms with Crippen molar-refractivity contribution in [2.75, 3.05) is 7.11 Å². The number of nitrogens with one attached hydrogen (secondary N) is 2. The number of H-pyrrole nitrogens is 1. The molecule has 1 amide bonds. The number of carbonyl (C=O) groups is 2. The zero-order chi connectivity index (χ0) is 21.8. The molecule has 0 bridgehead atoms. The van der Waals surface area contributed by atoms with Crippen LogP contribution in [0.3, 0.4) is 0 Å². The second kappa shape index (κ2) is 9.04. The van der Waals surface area contributed by atoms with Crippen LogP contribution in [-0.4, -0.2) is 34.6 Å². The maximum atomic E-state index is 13.0. The number of methoxy groups -OCH3 is 1. The van der Waals surface area contributed by atoms with E-state index in [4.69, 9.17) is 17.0 Å². The predicted molar refractivity (Wildman–Crippen MR) is 118 cm³/mol. The molecule has 2 aromatic carbocycles. The van der Waals surface area contributed by atoms with Gasteiger partial charge in [-0.05, 0) is 61.5 Å². The fourth-order valence-electron chi connectivity index (χ4n) is 3.07. The number of aromatic amines is 1. The summed E-state index contributed by atoms with van der Waals surface area (Å²) in [4.78, 5) is 39.8. The van der Waals surface area contributed by atoms with Gasteiger partial charge in [0.25, 0.3) is 5.56 Å². The van der Waals surface area contributed by atoms with Crippen molar-refractivity contribution >= 4 is 35.0 Å². The van der Waals surface area contributed by atoms with Crippen LogP contribution in [0.25, 0.3) is 16.6 Å². The molecule has 1 aromatic heterocycles. The first-order valence-corrected chi connectivity index (χ1v) is 10.0. The molecule has 0 saturated carbocycles. The van der Waals surface area contributed by atoms with Gasteiger partial charge in [0.2, 0.25) is 5.91 Å². The van der Waals surface area contributed by atoms with Crippen molar-refractivity contribution in [2.45, 2.75) is 32.7 Å². The van der Waals surface area contributed by atoms with Crippen molar-refractivity contribution in [2.24, 2.45) is 0 Å². The van der Waals surface area contributed by atoms with E-state index in [0.717, 1.165) is 12.0 Å². The van der Waals surface area contributed by atoms with Crippen molar-refractivity contribution in [3.05, 3.63) is 68.7 Å². The molecule has 7 nitrogen and oxygen atoms in total. The van der Waals surface area contributed by atoms with E-state index in [9.17, 15) is 14.4 Å². The number of ether oxygens (including phenoxy) is 1. The lowest BCUT2D eigenvalue weighted by atomic mass is 10.1. The van der Waals surface area contributed by atoms with E-state index in [-0.39, 0.29) is 28.7 Å². The Morgan fingerprint density at radius 1 is 1.20 bits per heavy atom. The smallest absolute Gasteiger partial charge is 0.337 e. The normalized spacial score (nSPS) is 11.8. The van der Waals surface area contributed by atoms with E-state index in [1.54, 1.807) is 36.4 Å². The van der Waals surface area contributed by atoms with Gasteiger partial charge < -0.3 is 15.0 Å². The van der Waals surface area contributed by atoms with Gasteiger partial charge >= 0.3 is 5.97 Å². The average Bonchev–Trinajstić information content (AvgIpc) is 2.73. The Hall–Kier alpha value is -3.26. The van der Waals surface area contributed by atoms with Gasteiger partial charge in [0.1, 0.15) is 0 Å². The quantitative estimate of drug-likeness (QED) is 0.467. The van der Waals surface area contributed by atoms with Gasteiger partial charge in [0.05, 0.1) is 35.7 Å². The molecule has 30 heavy (non-hydrogen) atoms. The molecule has 2 N–H and O–H groups in total. The minimum Gasteiger partial charge on any atom is -0.465 e. The van der Waals surface area contributed by atoms with Gasteiger partial charge in [-0.25, -0.2) is 4.79 Å². The Morgan fingerprint density at radius 3 is 2.53 bits per heavy atom. The molecule has 0 aliphatic rings. The molecule has 1 heterocycles.